The Balaban J connectivity index is 2.39. The molecule has 0 unspecified atom stereocenters. The topological polar surface area (TPSA) is 102 Å². The number of hydrogen-bond donors (Lipinski definition) is 2. The fourth-order valence-corrected chi connectivity index (χ4v) is 2.93. The van der Waals surface area contributed by atoms with Gasteiger partial charge >= 0.3 is 0 Å². The number of aromatic nitrogens is 1. The monoisotopic (exact) mass is 339 g/mol. The molecule has 0 radical (unpaired) electrons. The average molecular weight is 340 g/mol. The van der Waals surface area contributed by atoms with Crippen molar-refractivity contribution in [2.75, 3.05) is 5.32 Å². The Morgan fingerprint density at radius 1 is 1.42 bits per heavy atom. The van der Waals surface area contributed by atoms with E-state index < -0.39 is 20.8 Å². The predicted octanol–water partition coefficient (Wildman–Crippen LogP) is 1.69. The van der Waals surface area contributed by atoms with Gasteiger partial charge in [-0.2, -0.15) is 0 Å². The molecule has 19 heavy (non-hydrogen) atoms. The number of fused-ring (bicyclic) bond motifs is 1. The summed E-state index contributed by atoms with van der Waals surface area (Å²) in [5, 5.41) is 7.72. The number of nitrogens with two attached hydrogens (primary N) is 1. The maximum absolute atomic E-state index is 11.3. The largest absolute Gasteiger partial charge is 0.300 e. The third-order valence-corrected chi connectivity index (χ3v) is 4.36. The number of thiazole rings is 1. The van der Waals surface area contributed by atoms with Crippen molar-refractivity contribution >= 4 is 65.8 Å². The van der Waals surface area contributed by atoms with E-state index in [1.165, 1.54) is 18.2 Å². The van der Waals surface area contributed by atoms with Crippen LogP contribution in [0.4, 0.5) is 5.13 Å². The SMILES string of the molecule is NS(=O)(=O)c1ccc2nc(NC(=O)C(Cl)Cl)sc2c1. The number of rotatable bonds is 3. The van der Waals surface area contributed by atoms with Crippen LogP contribution in [0.2, 0.25) is 0 Å². The van der Waals surface area contributed by atoms with Crippen molar-refractivity contribution in [3.63, 3.8) is 0 Å². The molecule has 2 aromatic rings. The van der Waals surface area contributed by atoms with E-state index >= 15 is 0 Å². The summed E-state index contributed by atoms with van der Waals surface area (Å²) in [6.07, 6.45) is 0. The molecule has 2 rings (SSSR count). The Labute approximate surface area is 122 Å². The van der Waals surface area contributed by atoms with Crippen molar-refractivity contribution in [3.8, 4) is 0 Å². The molecular formula is C9H7Cl2N3O3S2. The Hall–Kier alpha value is -0.930. The summed E-state index contributed by atoms with van der Waals surface area (Å²) in [4.78, 5) is 14.2. The van der Waals surface area contributed by atoms with Crippen LogP contribution in [-0.4, -0.2) is 24.1 Å². The molecule has 0 aliphatic carbocycles. The number of carbonyl (C=O) groups excluding carboxylic acids is 1. The fraction of sp³-hybridized carbons (Fsp3) is 0.111. The smallest absolute Gasteiger partial charge is 0.259 e. The standard InChI is InChI=1S/C9H7Cl2N3O3S2/c10-7(11)8(15)14-9-13-5-2-1-4(19(12,16)17)3-6(5)18-9/h1-3,7H,(H2,12,16,17)(H,13,14,15). The van der Waals surface area contributed by atoms with E-state index in [1.54, 1.807) is 0 Å². The van der Waals surface area contributed by atoms with E-state index in [-0.39, 0.29) is 10.0 Å². The lowest BCUT2D eigenvalue weighted by molar-refractivity contribution is -0.114. The van der Waals surface area contributed by atoms with Crippen LogP contribution in [0.5, 0.6) is 0 Å². The van der Waals surface area contributed by atoms with Crippen molar-refractivity contribution in [2.45, 2.75) is 9.73 Å². The predicted molar refractivity (Wildman–Crippen MR) is 75.1 cm³/mol. The fourth-order valence-electron chi connectivity index (χ4n) is 1.30. The average Bonchev–Trinajstić information content (AvgIpc) is 2.68. The molecule has 1 aromatic carbocycles. The highest BCUT2D eigenvalue weighted by Gasteiger charge is 2.15. The van der Waals surface area contributed by atoms with Crippen LogP contribution in [0, 0.1) is 0 Å². The molecule has 0 aliphatic rings. The molecule has 0 saturated carbocycles. The summed E-state index contributed by atoms with van der Waals surface area (Å²) in [6.45, 7) is 0. The Bertz CT molecular complexity index is 742. The van der Waals surface area contributed by atoms with Gasteiger partial charge in [0.1, 0.15) is 0 Å². The second-order valence-electron chi connectivity index (χ2n) is 3.48. The lowest BCUT2D eigenvalue weighted by Crippen LogP contribution is -2.18. The number of anilines is 1. The summed E-state index contributed by atoms with van der Waals surface area (Å²) in [7, 11) is -3.77. The molecule has 1 aromatic heterocycles. The first-order chi connectivity index (χ1) is 8.77. The number of nitrogens with zero attached hydrogens (tertiary/aromatic N) is 1. The molecule has 1 amide bonds. The first-order valence-corrected chi connectivity index (χ1v) is 8.03. The van der Waals surface area contributed by atoms with E-state index in [0.717, 1.165) is 11.3 Å². The molecule has 6 nitrogen and oxygen atoms in total. The zero-order valence-corrected chi connectivity index (χ0v) is 12.3. The number of halogens is 2. The molecule has 10 heteroatoms. The minimum Gasteiger partial charge on any atom is -0.300 e. The number of sulfonamides is 1. The molecule has 0 aliphatic heterocycles. The van der Waals surface area contributed by atoms with Gasteiger partial charge in [-0.3, -0.25) is 10.1 Å². The highest BCUT2D eigenvalue weighted by atomic mass is 35.5. The van der Waals surface area contributed by atoms with Crippen LogP contribution >= 0.6 is 34.5 Å². The molecule has 0 spiro atoms. The third-order valence-electron chi connectivity index (χ3n) is 2.12. The minimum atomic E-state index is -3.77. The molecule has 102 valence electrons. The normalized spacial score (nSPS) is 12.0. The van der Waals surface area contributed by atoms with Gasteiger partial charge in [-0.25, -0.2) is 18.5 Å². The molecular weight excluding hydrogens is 333 g/mol. The first-order valence-electron chi connectivity index (χ1n) is 4.80. The van der Waals surface area contributed by atoms with Gasteiger partial charge in [0.25, 0.3) is 5.91 Å². The van der Waals surface area contributed by atoms with Gasteiger partial charge in [0.15, 0.2) is 9.97 Å². The van der Waals surface area contributed by atoms with Crippen molar-refractivity contribution in [3.05, 3.63) is 18.2 Å². The van der Waals surface area contributed by atoms with Gasteiger partial charge in [0.05, 0.1) is 15.1 Å². The number of alkyl halides is 2. The van der Waals surface area contributed by atoms with Gasteiger partial charge in [-0.15, -0.1) is 0 Å². The van der Waals surface area contributed by atoms with E-state index in [1.807, 2.05) is 0 Å². The molecule has 0 atom stereocenters. The number of primary sulfonamides is 1. The lowest BCUT2D eigenvalue weighted by atomic mass is 10.3. The number of amides is 1. The van der Waals surface area contributed by atoms with Crippen LogP contribution in [0.15, 0.2) is 23.1 Å². The van der Waals surface area contributed by atoms with Gasteiger partial charge in [-0.1, -0.05) is 34.5 Å². The van der Waals surface area contributed by atoms with E-state index in [9.17, 15) is 13.2 Å². The zero-order chi connectivity index (χ0) is 14.2. The number of nitrogens with one attached hydrogen (secondary N) is 1. The van der Waals surface area contributed by atoms with Crippen LogP contribution < -0.4 is 10.5 Å². The van der Waals surface area contributed by atoms with E-state index in [2.05, 4.69) is 10.3 Å². The second-order valence-corrected chi connectivity index (χ2v) is 7.17. The van der Waals surface area contributed by atoms with Gasteiger partial charge < -0.3 is 0 Å². The summed E-state index contributed by atoms with van der Waals surface area (Å²) in [6, 6.07) is 4.23. The maximum Gasteiger partial charge on any atom is 0.259 e. The van der Waals surface area contributed by atoms with E-state index in [0.29, 0.717) is 10.2 Å². The van der Waals surface area contributed by atoms with Gasteiger partial charge in [-0.05, 0) is 18.2 Å². The highest BCUT2D eigenvalue weighted by molar-refractivity contribution is 7.89. The first kappa shape index (κ1) is 14.5. The van der Waals surface area contributed by atoms with Gasteiger partial charge in [0.2, 0.25) is 10.0 Å². The Morgan fingerprint density at radius 2 is 2.11 bits per heavy atom. The number of carbonyl (C=O) groups is 1. The Morgan fingerprint density at radius 3 is 2.68 bits per heavy atom. The van der Waals surface area contributed by atoms with Crippen LogP contribution in [0.3, 0.4) is 0 Å². The van der Waals surface area contributed by atoms with Crippen LogP contribution in [0.25, 0.3) is 10.2 Å². The lowest BCUT2D eigenvalue weighted by Gasteiger charge is -1.99. The third kappa shape index (κ3) is 3.34. The molecule has 0 saturated heterocycles. The Kier molecular flexibility index (Phi) is 3.98. The quantitative estimate of drug-likeness (QED) is 0.830. The summed E-state index contributed by atoms with van der Waals surface area (Å²) in [5.41, 5.74) is 0.536. The highest BCUT2D eigenvalue weighted by Crippen LogP contribution is 2.28. The number of benzene rings is 1. The molecule has 0 bridgehead atoms. The summed E-state index contributed by atoms with van der Waals surface area (Å²) >= 11 is 11.9. The van der Waals surface area contributed by atoms with Crippen LogP contribution in [-0.2, 0) is 14.8 Å². The summed E-state index contributed by atoms with van der Waals surface area (Å²) < 4.78 is 23.0. The molecule has 1 heterocycles. The van der Waals surface area contributed by atoms with Gasteiger partial charge in [0, 0.05) is 0 Å². The van der Waals surface area contributed by atoms with Crippen molar-refractivity contribution in [1.82, 2.24) is 4.98 Å². The van der Waals surface area contributed by atoms with Crippen LogP contribution in [0.1, 0.15) is 0 Å². The van der Waals surface area contributed by atoms with Crippen molar-refractivity contribution in [2.24, 2.45) is 5.14 Å². The molecule has 0 fully saturated rings. The molecule has 3 N–H and O–H groups in total. The maximum atomic E-state index is 11.3. The van der Waals surface area contributed by atoms with E-state index in [4.69, 9.17) is 28.3 Å². The minimum absolute atomic E-state index is 0.0194. The van der Waals surface area contributed by atoms with Crippen molar-refractivity contribution in [1.29, 1.82) is 0 Å². The zero-order valence-electron chi connectivity index (χ0n) is 9.13. The number of hydrogen-bond acceptors (Lipinski definition) is 5. The second kappa shape index (κ2) is 5.22. The summed E-state index contributed by atoms with van der Waals surface area (Å²) in [5.74, 6) is -0.603. The van der Waals surface area contributed by atoms with Crippen molar-refractivity contribution < 1.29 is 13.2 Å².